The summed E-state index contributed by atoms with van der Waals surface area (Å²) in [6, 6.07) is 4.28. The Morgan fingerprint density at radius 3 is 2.67 bits per heavy atom. The van der Waals surface area contributed by atoms with Crippen molar-refractivity contribution in [2.45, 2.75) is 31.3 Å². The van der Waals surface area contributed by atoms with Gasteiger partial charge in [-0.15, -0.1) is 0 Å². The summed E-state index contributed by atoms with van der Waals surface area (Å²) in [5.41, 5.74) is -0.728. The summed E-state index contributed by atoms with van der Waals surface area (Å²) in [6.45, 7) is 0.246. The van der Waals surface area contributed by atoms with Crippen molar-refractivity contribution in [2.24, 2.45) is 0 Å². The lowest BCUT2D eigenvalue weighted by molar-refractivity contribution is -0.385. The maximum Gasteiger partial charge on any atom is 0.284 e. The zero-order valence-corrected chi connectivity index (χ0v) is 13.3. The highest BCUT2D eigenvalue weighted by Crippen LogP contribution is 2.31. The van der Waals surface area contributed by atoms with Gasteiger partial charge in [-0.3, -0.25) is 14.9 Å². The average Bonchev–Trinajstić information content (AvgIpc) is 2.84. The molecule has 0 aliphatic heterocycles. The van der Waals surface area contributed by atoms with Gasteiger partial charge in [0.1, 0.15) is 0 Å². The monoisotopic (exact) mass is 356 g/mol. The molecule has 1 aliphatic carbocycles. The van der Waals surface area contributed by atoms with Crippen LogP contribution in [0.1, 0.15) is 36.0 Å². The van der Waals surface area contributed by atoms with Crippen LogP contribution in [0.25, 0.3) is 0 Å². The smallest absolute Gasteiger partial charge is 0.284 e. The van der Waals surface area contributed by atoms with Gasteiger partial charge in [-0.25, -0.2) is 0 Å². The van der Waals surface area contributed by atoms with Crippen LogP contribution in [0.15, 0.2) is 22.7 Å². The third kappa shape index (κ3) is 3.59. The standard InChI is InChI=1S/C14H17BrN2O4/c1-16(9-14(19)6-2-3-7-14)13(18)10-4-5-11(15)12(8-10)17(20)21/h4-5,8,19H,2-3,6-7,9H2,1H3. The summed E-state index contributed by atoms with van der Waals surface area (Å²) in [5.74, 6) is -0.328. The Morgan fingerprint density at radius 1 is 1.48 bits per heavy atom. The molecule has 21 heavy (non-hydrogen) atoms. The number of hydrogen-bond donors (Lipinski definition) is 1. The van der Waals surface area contributed by atoms with Gasteiger partial charge in [-0.2, -0.15) is 0 Å². The predicted octanol–water partition coefficient (Wildman–Crippen LogP) is 2.73. The molecule has 0 atom stereocenters. The Kier molecular flexibility index (Phi) is 4.63. The van der Waals surface area contributed by atoms with Crippen molar-refractivity contribution < 1.29 is 14.8 Å². The molecule has 0 aromatic heterocycles. The van der Waals surface area contributed by atoms with Gasteiger partial charge in [-0.05, 0) is 40.9 Å². The van der Waals surface area contributed by atoms with Crippen LogP contribution in [0.5, 0.6) is 0 Å². The second kappa shape index (κ2) is 6.11. The molecule has 2 rings (SSSR count). The van der Waals surface area contributed by atoms with E-state index in [9.17, 15) is 20.0 Å². The van der Waals surface area contributed by atoms with Crippen LogP contribution in [-0.4, -0.2) is 40.0 Å². The number of carbonyl (C=O) groups is 1. The molecule has 114 valence electrons. The van der Waals surface area contributed by atoms with Crippen molar-refractivity contribution in [3.05, 3.63) is 38.3 Å². The van der Waals surface area contributed by atoms with Gasteiger partial charge in [-0.1, -0.05) is 12.8 Å². The largest absolute Gasteiger partial charge is 0.388 e. The molecule has 1 aromatic rings. The van der Waals surface area contributed by atoms with Gasteiger partial charge in [0.2, 0.25) is 0 Å². The molecular weight excluding hydrogens is 340 g/mol. The van der Waals surface area contributed by atoms with Crippen LogP contribution in [0, 0.1) is 10.1 Å². The molecule has 1 fully saturated rings. The molecule has 7 heteroatoms. The Balaban J connectivity index is 2.15. The second-order valence-corrected chi connectivity index (χ2v) is 6.37. The number of rotatable bonds is 4. The molecule has 0 saturated heterocycles. The van der Waals surface area contributed by atoms with Crippen LogP contribution >= 0.6 is 15.9 Å². The highest BCUT2D eigenvalue weighted by atomic mass is 79.9. The van der Waals surface area contributed by atoms with E-state index in [1.165, 1.54) is 23.1 Å². The fourth-order valence-corrected chi connectivity index (χ4v) is 3.10. The van der Waals surface area contributed by atoms with Crippen molar-refractivity contribution in [1.29, 1.82) is 0 Å². The summed E-state index contributed by atoms with van der Waals surface area (Å²) in [5, 5.41) is 21.2. The highest BCUT2D eigenvalue weighted by molar-refractivity contribution is 9.10. The molecule has 0 unspecified atom stereocenters. The molecule has 6 nitrogen and oxygen atoms in total. The molecule has 1 N–H and O–H groups in total. The maximum absolute atomic E-state index is 12.3. The average molecular weight is 357 g/mol. The van der Waals surface area contributed by atoms with Gasteiger partial charge in [0.05, 0.1) is 15.0 Å². The normalized spacial score (nSPS) is 16.7. The van der Waals surface area contributed by atoms with Crippen LogP contribution in [0.2, 0.25) is 0 Å². The van der Waals surface area contributed by atoms with Gasteiger partial charge < -0.3 is 10.0 Å². The number of carbonyl (C=O) groups excluding carboxylic acids is 1. The SMILES string of the molecule is CN(CC1(O)CCCC1)C(=O)c1ccc(Br)c([N+](=O)[O-])c1. The summed E-state index contributed by atoms with van der Waals surface area (Å²) < 4.78 is 0.334. The Hall–Kier alpha value is -1.47. The predicted molar refractivity (Wildman–Crippen MR) is 81.2 cm³/mol. The maximum atomic E-state index is 12.3. The highest BCUT2D eigenvalue weighted by Gasteiger charge is 2.33. The Bertz CT molecular complexity index is 570. The summed E-state index contributed by atoms with van der Waals surface area (Å²) in [4.78, 5) is 24.1. The van der Waals surface area contributed by atoms with E-state index >= 15 is 0 Å². The number of aliphatic hydroxyl groups is 1. The van der Waals surface area contributed by atoms with E-state index in [2.05, 4.69) is 15.9 Å². The van der Waals surface area contributed by atoms with E-state index in [0.717, 1.165) is 12.8 Å². The molecule has 1 amide bonds. The van der Waals surface area contributed by atoms with Crippen LogP contribution in [0.4, 0.5) is 5.69 Å². The molecule has 1 aliphatic rings. The molecule has 0 radical (unpaired) electrons. The van der Waals surface area contributed by atoms with Crippen molar-refractivity contribution >= 4 is 27.5 Å². The van der Waals surface area contributed by atoms with E-state index in [1.54, 1.807) is 7.05 Å². The molecule has 0 bridgehead atoms. The van der Waals surface area contributed by atoms with Gasteiger partial charge >= 0.3 is 0 Å². The molecule has 1 saturated carbocycles. The first-order valence-electron chi connectivity index (χ1n) is 6.74. The van der Waals surface area contributed by atoms with E-state index in [0.29, 0.717) is 17.3 Å². The van der Waals surface area contributed by atoms with Gasteiger partial charge in [0, 0.05) is 25.2 Å². The number of halogens is 1. The van der Waals surface area contributed by atoms with E-state index in [-0.39, 0.29) is 23.7 Å². The van der Waals surface area contributed by atoms with Crippen molar-refractivity contribution in [3.63, 3.8) is 0 Å². The van der Waals surface area contributed by atoms with Crippen LogP contribution in [0.3, 0.4) is 0 Å². The zero-order chi connectivity index (χ0) is 15.6. The number of nitro groups is 1. The van der Waals surface area contributed by atoms with E-state index in [1.807, 2.05) is 0 Å². The lowest BCUT2D eigenvalue weighted by atomic mass is 10.0. The number of benzene rings is 1. The fraction of sp³-hybridized carbons (Fsp3) is 0.500. The molecule has 0 heterocycles. The minimum Gasteiger partial charge on any atom is -0.388 e. The number of nitro benzene ring substituents is 1. The number of likely N-dealkylation sites (N-methyl/N-ethyl adjacent to an activating group) is 1. The van der Waals surface area contributed by atoms with E-state index < -0.39 is 10.5 Å². The Labute approximate surface area is 131 Å². The molecule has 1 aromatic carbocycles. The quantitative estimate of drug-likeness (QED) is 0.663. The third-order valence-electron chi connectivity index (χ3n) is 3.80. The van der Waals surface area contributed by atoms with Crippen LogP contribution < -0.4 is 0 Å². The lowest BCUT2D eigenvalue weighted by Crippen LogP contribution is -2.42. The zero-order valence-electron chi connectivity index (χ0n) is 11.7. The van der Waals surface area contributed by atoms with Crippen molar-refractivity contribution in [1.82, 2.24) is 4.90 Å². The first kappa shape index (κ1) is 15.9. The van der Waals surface area contributed by atoms with Crippen molar-refractivity contribution in [3.8, 4) is 0 Å². The number of hydrogen-bond acceptors (Lipinski definition) is 4. The summed E-state index contributed by atoms with van der Waals surface area (Å²) in [6.07, 6.45) is 3.29. The second-order valence-electron chi connectivity index (χ2n) is 5.52. The first-order valence-corrected chi connectivity index (χ1v) is 7.53. The molecule has 0 spiro atoms. The minimum atomic E-state index is -0.828. The molecular formula is C14H17BrN2O4. The first-order chi connectivity index (χ1) is 9.82. The van der Waals surface area contributed by atoms with Gasteiger partial charge in [0.15, 0.2) is 0 Å². The fourth-order valence-electron chi connectivity index (χ4n) is 2.71. The Morgan fingerprint density at radius 2 is 2.10 bits per heavy atom. The van der Waals surface area contributed by atoms with Crippen molar-refractivity contribution in [2.75, 3.05) is 13.6 Å². The summed E-state index contributed by atoms with van der Waals surface area (Å²) >= 11 is 3.09. The lowest BCUT2D eigenvalue weighted by Gasteiger charge is -2.28. The van der Waals surface area contributed by atoms with Gasteiger partial charge in [0.25, 0.3) is 11.6 Å². The number of nitrogens with zero attached hydrogens (tertiary/aromatic N) is 2. The van der Waals surface area contributed by atoms with Crippen LogP contribution in [-0.2, 0) is 0 Å². The number of amides is 1. The topological polar surface area (TPSA) is 83.7 Å². The van der Waals surface area contributed by atoms with E-state index in [4.69, 9.17) is 0 Å². The summed E-state index contributed by atoms with van der Waals surface area (Å²) in [7, 11) is 1.60. The minimum absolute atomic E-state index is 0.145. The third-order valence-corrected chi connectivity index (χ3v) is 4.47.